The topological polar surface area (TPSA) is 35.0 Å². The number of aromatic nitrogens is 2. The van der Waals surface area contributed by atoms with Crippen LogP contribution < -0.4 is 4.74 Å². The maximum Gasteiger partial charge on any atom is 0.291 e. The zero-order valence-electron chi connectivity index (χ0n) is 13.6. The number of alkyl halides is 2. The van der Waals surface area contributed by atoms with E-state index in [0.29, 0.717) is 23.2 Å². The second kappa shape index (κ2) is 6.38. The average Bonchev–Trinajstić information content (AvgIpc) is 3.34. The standard InChI is InChI=1S/C18H22F2N2O/c1-12-17(18(19,20)10-4-3-5-13-6-7-13)22-15-9-8-14(23-2)11-16(15)21-12/h8-9,11,13H,3-7,10H2,1-2H3. The molecule has 1 aromatic carbocycles. The van der Waals surface area contributed by atoms with Crippen molar-refractivity contribution in [1.29, 1.82) is 0 Å². The summed E-state index contributed by atoms with van der Waals surface area (Å²) < 4.78 is 34.1. The van der Waals surface area contributed by atoms with E-state index in [0.717, 1.165) is 18.8 Å². The Morgan fingerprint density at radius 1 is 1.17 bits per heavy atom. The number of aryl methyl sites for hydroxylation is 1. The fourth-order valence-corrected chi connectivity index (χ4v) is 2.90. The Labute approximate surface area is 135 Å². The number of methoxy groups -OCH3 is 1. The van der Waals surface area contributed by atoms with Gasteiger partial charge in [-0.2, -0.15) is 8.78 Å². The summed E-state index contributed by atoms with van der Waals surface area (Å²) in [6.45, 7) is 1.60. The molecule has 2 aromatic rings. The number of rotatable bonds is 7. The lowest BCUT2D eigenvalue weighted by molar-refractivity contribution is -0.0209. The van der Waals surface area contributed by atoms with Crippen molar-refractivity contribution in [3.63, 3.8) is 0 Å². The lowest BCUT2D eigenvalue weighted by atomic mass is 10.0. The van der Waals surface area contributed by atoms with Gasteiger partial charge in [-0.25, -0.2) is 9.97 Å². The Morgan fingerprint density at radius 2 is 1.96 bits per heavy atom. The lowest BCUT2D eigenvalue weighted by Crippen LogP contribution is -2.18. The first-order valence-electron chi connectivity index (χ1n) is 8.20. The van der Waals surface area contributed by atoms with E-state index in [1.165, 1.54) is 12.8 Å². The van der Waals surface area contributed by atoms with E-state index in [1.54, 1.807) is 32.2 Å². The third-order valence-corrected chi connectivity index (χ3v) is 4.44. The van der Waals surface area contributed by atoms with Crippen LogP contribution in [0.2, 0.25) is 0 Å². The normalized spacial score (nSPS) is 15.1. The number of halogens is 2. The maximum absolute atomic E-state index is 14.5. The maximum atomic E-state index is 14.5. The Bertz CT molecular complexity index is 699. The summed E-state index contributed by atoms with van der Waals surface area (Å²) in [6.07, 6.45) is 4.88. The monoisotopic (exact) mass is 320 g/mol. The summed E-state index contributed by atoms with van der Waals surface area (Å²) in [7, 11) is 1.56. The molecular weight excluding hydrogens is 298 g/mol. The first-order chi connectivity index (χ1) is 11.0. The molecular formula is C18H22F2N2O. The number of benzene rings is 1. The van der Waals surface area contributed by atoms with Crippen molar-refractivity contribution >= 4 is 11.0 Å². The van der Waals surface area contributed by atoms with E-state index in [-0.39, 0.29) is 17.8 Å². The molecule has 1 heterocycles. The number of hydrogen-bond acceptors (Lipinski definition) is 3. The van der Waals surface area contributed by atoms with Crippen LogP contribution in [0.4, 0.5) is 8.78 Å². The quantitative estimate of drug-likeness (QED) is 0.673. The smallest absolute Gasteiger partial charge is 0.291 e. The van der Waals surface area contributed by atoms with Gasteiger partial charge in [-0.05, 0) is 31.4 Å². The van der Waals surface area contributed by atoms with Gasteiger partial charge in [0, 0.05) is 12.5 Å². The summed E-state index contributed by atoms with van der Waals surface area (Å²) in [5, 5.41) is 0. The average molecular weight is 320 g/mol. The van der Waals surface area contributed by atoms with E-state index in [2.05, 4.69) is 9.97 Å². The van der Waals surface area contributed by atoms with Gasteiger partial charge in [0.05, 0.1) is 23.8 Å². The second-order valence-electron chi connectivity index (χ2n) is 6.41. The van der Waals surface area contributed by atoms with Crippen molar-refractivity contribution in [3.05, 3.63) is 29.6 Å². The fourth-order valence-electron chi connectivity index (χ4n) is 2.90. The van der Waals surface area contributed by atoms with Gasteiger partial charge in [0.1, 0.15) is 11.4 Å². The molecule has 1 fully saturated rings. The SMILES string of the molecule is COc1ccc2nc(C(F)(F)CCCCC3CC3)c(C)nc2c1. The van der Waals surface area contributed by atoms with Gasteiger partial charge < -0.3 is 4.74 Å². The minimum absolute atomic E-state index is 0.156. The third kappa shape index (κ3) is 3.77. The highest BCUT2D eigenvalue weighted by Gasteiger charge is 2.35. The molecule has 0 atom stereocenters. The molecule has 1 aliphatic rings. The minimum Gasteiger partial charge on any atom is -0.497 e. The van der Waals surface area contributed by atoms with Gasteiger partial charge in [-0.1, -0.05) is 25.7 Å². The van der Waals surface area contributed by atoms with Crippen LogP contribution in [0, 0.1) is 12.8 Å². The summed E-state index contributed by atoms with van der Waals surface area (Å²) >= 11 is 0. The highest BCUT2D eigenvalue weighted by atomic mass is 19.3. The summed E-state index contributed by atoms with van der Waals surface area (Å²) in [4.78, 5) is 8.47. The summed E-state index contributed by atoms with van der Waals surface area (Å²) in [5.74, 6) is -1.49. The van der Waals surface area contributed by atoms with Crippen molar-refractivity contribution in [3.8, 4) is 5.75 Å². The Morgan fingerprint density at radius 3 is 2.65 bits per heavy atom. The van der Waals surface area contributed by atoms with Crippen LogP contribution in [0.15, 0.2) is 18.2 Å². The van der Waals surface area contributed by atoms with Crippen LogP contribution in [-0.4, -0.2) is 17.1 Å². The number of ether oxygens (including phenoxy) is 1. The van der Waals surface area contributed by atoms with Crippen molar-refractivity contribution in [1.82, 2.24) is 9.97 Å². The van der Waals surface area contributed by atoms with Gasteiger partial charge >= 0.3 is 0 Å². The van der Waals surface area contributed by atoms with Gasteiger partial charge in [0.15, 0.2) is 0 Å². The molecule has 1 aromatic heterocycles. The number of nitrogens with zero attached hydrogens (tertiary/aromatic N) is 2. The van der Waals surface area contributed by atoms with Crippen molar-refractivity contribution in [2.75, 3.05) is 7.11 Å². The number of unbranched alkanes of at least 4 members (excludes halogenated alkanes) is 1. The molecule has 5 heteroatoms. The lowest BCUT2D eigenvalue weighted by Gasteiger charge is -2.18. The fraction of sp³-hybridized carbons (Fsp3) is 0.556. The van der Waals surface area contributed by atoms with E-state index in [9.17, 15) is 8.78 Å². The molecule has 0 unspecified atom stereocenters. The van der Waals surface area contributed by atoms with Crippen LogP contribution in [0.3, 0.4) is 0 Å². The van der Waals surface area contributed by atoms with E-state index >= 15 is 0 Å². The number of hydrogen-bond donors (Lipinski definition) is 0. The molecule has 3 rings (SSSR count). The molecule has 1 saturated carbocycles. The molecule has 0 radical (unpaired) electrons. The summed E-state index contributed by atoms with van der Waals surface area (Å²) in [6, 6.07) is 5.10. The van der Waals surface area contributed by atoms with Gasteiger partial charge in [-0.3, -0.25) is 0 Å². The van der Waals surface area contributed by atoms with Gasteiger partial charge in [-0.15, -0.1) is 0 Å². The van der Waals surface area contributed by atoms with Crippen molar-refractivity contribution in [2.45, 2.75) is 51.4 Å². The van der Waals surface area contributed by atoms with Gasteiger partial charge in [0.2, 0.25) is 0 Å². The Hall–Kier alpha value is -1.78. The molecule has 3 nitrogen and oxygen atoms in total. The van der Waals surface area contributed by atoms with Crippen LogP contribution in [0.5, 0.6) is 5.75 Å². The largest absolute Gasteiger partial charge is 0.497 e. The number of fused-ring (bicyclic) bond motifs is 1. The van der Waals surface area contributed by atoms with E-state index in [4.69, 9.17) is 4.74 Å². The van der Waals surface area contributed by atoms with Crippen molar-refractivity contribution < 1.29 is 13.5 Å². The first-order valence-corrected chi connectivity index (χ1v) is 8.20. The molecule has 23 heavy (non-hydrogen) atoms. The minimum atomic E-state index is -2.92. The predicted octanol–water partition coefficient (Wildman–Crippen LogP) is 5.01. The van der Waals surface area contributed by atoms with E-state index < -0.39 is 5.92 Å². The van der Waals surface area contributed by atoms with Gasteiger partial charge in [0.25, 0.3) is 5.92 Å². The van der Waals surface area contributed by atoms with Crippen LogP contribution in [0.1, 0.15) is 49.9 Å². The zero-order valence-corrected chi connectivity index (χ0v) is 13.6. The molecule has 0 saturated heterocycles. The van der Waals surface area contributed by atoms with Crippen molar-refractivity contribution in [2.24, 2.45) is 5.92 Å². The van der Waals surface area contributed by atoms with Crippen LogP contribution in [0.25, 0.3) is 11.0 Å². The molecule has 0 spiro atoms. The zero-order chi connectivity index (χ0) is 16.4. The first kappa shape index (κ1) is 16.1. The highest BCUT2D eigenvalue weighted by Crippen LogP contribution is 2.37. The van der Waals surface area contributed by atoms with E-state index in [1.807, 2.05) is 0 Å². The summed E-state index contributed by atoms with van der Waals surface area (Å²) in [5.41, 5.74) is 1.15. The molecule has 124 valence electrons. The molecule has 0 bridgehead atoms. The van der Waals surface area contributed by atoms with Crippen LogP contribution >= 0.6 is 0 Å². The van der Waals surface area contributed by atoms with Crippen LogP contribution in [-0.2, 0) is 5.92 Å². The highest BCUT2D eigenvalue weighted by molar-refractivity contribution is 5.76. The molecule has 1 aliphatic carbocycles. The predicted molar refractivity (Wildman–Crippen MR) is 85.9 cm³/mol. The Kier molecular flexibility index (Phi) is 4.46. The second-order valence-corrected chi connectivity index (χ2v) is 6.41. The Balaban J connectivity index is 1.77. The third-order valence-electron chi connectivity index (χ3n) is 4.44. The molecule has 0 N–H and O–H groups in total. The molecule has 0 amide bonds. The molecule has 0 aliphatic heterocycles.